The number of nitrogens with zero attached hydrogens (tertiary/aromatic N) is 1. The topological polar surface area (TPSA) is 70.9 Å². The quantitative estimate of drug-likeness (QED) is 0.773. The van der Waals surface area contributed by atoms with Crippen molar-refractivity contribution in [1.82, 2.24) is 4.31 Å². The van der Waals surface area contributed by atoms with Gasteiger partial charge < -0.3 is 10.2 Å². The number of carbonyl (C=O) groups is 1. The second-order valence-electron chi connectivity index (χ2n) is 7.54. The molecule has 1 amide bonds. The number of sulfonamides is 1. The van der Waals surface area contributed by atoms with E-state index in [1.807, 2.05) is 0 Å². The summed E-state index contributed by atoms with van der Waals surface area (Å²) >= 11 is 1.80. The number of carbonyl (C=O) groups excluding carboxylic acids is 1. The number of hydrogen-bond acceptors (Lipinski definition) is 4. The van der Waals surface area contributed by atoms with E-state index in [1.165, 1.54) is 19.6 Å². The number of amides is 1. The van der Waals surface area contributed by atoms with Gasteiger partial charge in [0.05, 0.1) is 11.4 Å². The highest BCUT2D eigenvalue weighted by atomic mass is 32.2. The fraction of sp³-hybridized carbons (Fsp3) is 0.450. The minimum atomic E-state index is -3.42. The molecule has 2 aliphatic rings. The number of hydrogen-bond donors (Lipinski definition) is 2. The number of fused-ring (bicyclic) bond motifs is 1. The predicted molar refractivity (Wildman–Crippen MR) is 110 cm³/mol. The molecule has 8 heteroatoms. The first-order valence-electron chi connectivity index (χ1n) is 9.76. The van der Waals surface area contributed by atoms with Crippen molar-refractivity contribution in [3.63, 3.8) is 0 Å². The van der Waals surface area contributed by atoms with Gasteiger partial charge in [0.2, 0.25) is 10.0 Å². The Kier molecular flexibility index (Phi) is 5.55. The first-order valence-corrected chi connectivity index (χ1v) is 12.1. The molecule has 1 aromatic heterocycles. The highest BCUT2D eigenvalue weighted by molar-refractivity contribution is 7.89. The molecule has 150 valence electrons. The maximum atomic E-state index is 12.6. The normalized spacial score (nSPS) is 22.8. The van der Waals surface area contributed by atoms with Crippen LogP contribution in [0, 0.1) is 0 Å². The average Bonchev–Trinajstić information content (AvgIpc) is 3.36. The number of anilines is 1. The monoisotopic (exact) mass is 420 g/mol. The van der Waals surface area contributed by atoms with Crippen molar-refractivity contribution in [3.8, 4) is 0 Å². The van der Waals surface area contributed by atoms with Crippen molar-refractivity contribution in [1.29, 1.82) is 0 Å². The molecular weight excluding hydrogens is 394 g/mol. The van der Waals surface area contributed by atoms with Crippen LogP contribution < -0.4 is 10.2 Å². The number of quaternary nitrogens is 1. The highest BCUT2D eigenvalue weighted by Gasteiger charge is 2.30. The SMILES string of the molecule is C[C@H]1c2ccsc2CC[NH+]1CC(=O)Nc1ccc(S(=O)(=O)N2CCCC2)cc1. The summed E-state index contributed by atoms with van der Waals surface area (Å²) in [6.45, 7) is 4.71. The molecule has 0 bridgehead atoms. The Morgan fingerprint density at radius 3 is 2.64 bits per heavy atom. The fourth-order valence-corrected chi connectivity index (χ4v) is 6.59. The van der Waals surface area contributed by atoms with Crippen LogP contribution in [0.15, 0.2) is 40.6 Å². The third-order valence-electron chi connectivity index (χ3n) is 5.76. The molecule has 1 aromatic carbocycles. The molecule has 2 aromatic rings. The minimum Gasteiger partial charge on any atom is -0.321 e. The Labute approximate surface area is 170 Å². The van der Waals surface area contributed by atoms with E-state index in [0.717, 1.165) is 25.8 Å². The number of benzene rings is 1. The van der Waals surface area contributed by atoms with Gasteiger partial charge >= 0.3 is 0 Å². The molecule has 28 heavy (non-hydrogen) atoms. The highest BCUT2D eigenvalue weighted by Crippen LogP contribution is 2.25. The fourth-order valence-electron chi connectivity index (χ4n) is 4.09. The zero-order valence-corrected chi connectivity index (χ0v) is 17.6. The summed E-state index contributed by atoms with van der Waals surface area (Å²) in [5, 5.41) is 5.04. The lowest BCUT2D eigenvalue weighted by atomic mass is 10.0. The van der Waals surface area contributed by atoms with Crippen LogP contribution in [0.4, 0.5) is 5.69 Å². The summed E-state index contributed by atoms with van der Waals surface area (Å²) in [6, 6.07) is 8.99. The average molecular weight is 421 g/mol. The van der Waals surface area contributed by atoms with Gasteiger partial charge in [0.1, 0.15) is 6.04 Å². The van der Waals surface area contributed by atoms with Gasteiger partial charge in [0.15, 0.2) is 6.54 Å². The first kappa shape index (κ1) is 19.6. The molecule has 0 spiro atoms. The first-order chi connectivity index (χ1) is 13.4. The van der Waals surface area contributed by atoms with Crippen molar-refractivity contribution < 1.29 is 18.1 Å². The number of rotatable bonds is 5. The van der Waals surface area contributed by atoms with Crippen molar-refractivity contribution in [3.05, 3.63) is 46.2 Å². The zero-order valence-electron chi connectivity index (χ0n) is 16.0. The molecule has 2 aliphatic heterocycles. The maximum Gasteiger partial charge on any atom is 0.279 e. The van der Waals surface area contributed by atoms with E-state index in [-0.39, 0.29) is 10.8 Å². The van der Waals surface area contributed by atoms with Gasteiger partial charge in [-0.3, -0.25) is 4.79 Å². The molecule has 1 unspecified atom stereocenters. The second-order valence-corrected chi connectivity index (χ2v) is 10.5. The van der Waals surface area contributed by atoms with Crippen molar-refractivity contribution in [2.45, 2.75) is 37.1 Å². The van der Waals surface area contributed by atoms with Crippen LogP contribution in [0.1, 0.15) is 36.2 Å². The molecule has 0 radical (unpaired) electrons. The van der Waals surface area contributed by atoms with Gasteiger partial charge in [-0.15, -0.1) is 11.3 Å². The van der Waals surface area contributed by atoms with Crippen LogP contribution in [-0.2, 0) is 21.2 Å². The van der Waals surface area contributed by atoms with E-state index in [4.69, 9.17) is 0 Å². The van der Waals surface area contributed by atoms with Crippen molar-refractivity contribution in [2.24, 2.45) is 0 Å². The molecule has 6 nitrogen and oxygen atoms in total. The third-order valence-corrected chi connectivity index (χ3v) is 8.67. The van der Waals surface area contributed by atoms with Gasteiger partial charge in [-0.05, 0) is 55.5 Å². The van der Waals surface area contributed by atoms with Crippen LogP contribution in [0.3, 0.4) is 0 Å². The summed E-state index contributed by atoms with van der Waals surface area (Å²) in [4.78, 5) is 15.5. The standard InChI is InChI=1S/C20H25N3O3S2/c1-15-18-9-13-27-19(18)8-12-22(15)14-20(24)21-16-4-6-17(7-5-16)28(25,26)23-10-2-3-11-23/h4-7,9,13,15H,2-3,8,10-12,14H2,1H3,(H,21,24)/p+1/t15-/m0/s1. The van der Waals surface area contributed by atoms with Crippen LogP contribution in [0.2, 0.25) is 0 Å². The zero-order chi connectivity index (χ0) is 19.7. The summed E-state index contributed by atoms with van der Waals surface area (Å²) in [6.07, 6.45) is 2.85. The lowest BCUT2D eigenvalue weighted by Gasteiger charge is -2.29. The van der Waals surface area contributed by atoms with Gasteiger partial charge in [0, 0.05) is 35.6 Å². The summed E-state index contributed by atoms with van der Waals surface area (Å²) in [5.74, 6) is -0.0457. The lowest BCUT2D eigenvalue weighted by Crippen LogP contribution is -3.14. The Morgan fingerprint density at radius 2 is 1.93 bits per heavy atom. The lowest BCUT2D eigenvalue weighted by molar-refractivity contribution is -0.923. The van der Waals surface area contributed by atoms with Gasteiger partial charge in [0.25, 0.3) is 5.91 Å². The molecule has 0 aliphatic carbocycles. The Morgan fingerprint density at radius 1 is 1.21 bits per heavy atom. The molecule has 2 N–H and O–H groups in total. The summed E-state index contributed by atoms with van der Waals surface area (Å²) in [5.41, 5.74) is 1.99. The molecule has 1 fully saturated rings. The van der Waals surface area contributed by atoms with Crippen LogP contribution in [0.25, 0.3) is 0 Å². The van der Waals surface area contributed by atoms with E-state index in [0.29, 0.717) is 31.4 Å². The summed E-state index contributed by atoms with van der Waals surface area (Å²) < 4.78 is 26.7. The predicted octanol–water partition coefficient (Wildman–Crippen LogP) is 1.67. The van der Waals surface area contributed by atoms with E-state index in [2.05, 4.69) is 23.7 Å². The molecule has 2 atom stereocenters. The van der Waals surface area contributed by atoms with Gasteiger partial charge in [-0.2, -0.15) is 4.31 Å². The van der Waals surface area contributed by atoms with Crippen molar-refractivity contribution in [2.75, 3.05) is 31.5 Å². The molecule has 1 saturated heterocycles. The van der Waals surface area contributed by atoms with E-state index in [1.54, 1.807) is 35.6 Å². The smallest absolute Gasteiger partial charge is 0.279 e. The third kappa shape index (κ3) is 3.87. The Hall–Kier alpha value is -1.74. The van der Waals surface area contributed by atoms with Gasteiger partial charge in [-0.25, -0.2) is 8.42 Å². The molecule has 3 heterocycles. The minimum absolute atomic E-state index is 0.0457. The second kappa shape index (κ2) is 7.94. The van der Waals surface area contributed by atoms with Crippen molar-refractivity contribution >= 4 is 33.0 Å². The van der Waals surface area contributed by atoms with Crippen LogP contribution in [0.5, 0.6) is 0 Å². The summed E-state index contributed by atoms with van der Waals surface area (Å²) in [7, 11) is -3.42. The number of nitrogens with one attached hydrogen (secondary N) is 2. The van der Waals surface area contributed by atoms with E-state index >= 15 is 0 Å². The van der Waals surface area contributed by atoms with E-state index in [9.17, 15) is 13.2 Å². The molecule has 4 rings (SSSR count). The molecular formula is C20H26N3O3S2+. The number of thiophene rings is 1. The largest absolute Gasteiger partial charge is 0.321 e. The van der Waals surface area contributed by atoms with Crippen LogP contribution >= 0.6 is 11.3 Å². The van der Waals surface area contributed by atoms with E-state index < -0.39 is 10.0 Å². The molecule has 0 saturated carbocycles. The maximum absolute atomic E-state index is 12.6. The van der Waals surface area contributed by atoms with Crippen LogP contribution in [-0.4, -0.2) is 44.8 Å². The van der Waals surface area contributed by atoms with Gasteiger partial charge in [-0.1, -0.05) is 0 Å². The Bertz CT molecular complexity index is 947. The Balaban J connectivity index is 1.37.